The summed E-state index contributed by atoms with van der Waals surface area (Å²) < 4.78 is 0. The van der Waals surface area contributed by atoms with E-state index in [2.05, 4.69) is 47.4 Å². The third-order valence-electron chi connectivity index (χ3n) is 4.33. The fourth-order valence-electron chi connectivity index (χ4n) is 1.27. The van der Waals surface area contributed by atoms with E-state index in [1.807, 2.05) is 170 Å². The highest BCUT2D eigenvalue weighted by molar-refractivity contribution is 4.99. The summed E-state index contributed by atoms with van der Waals surface area (Å²) in [4.78, 5) is 0. The van der Waals surface area contributed by atoms with Crippen LogP contribution in [0, 0.1) is 47.4 Å². The van der Waals surface area contributed by atoms with E-state index in [0.717, 1.165) is 0 Å². The van der Waals surface area contributed by atoms with Crippen molar-refractivity contribution in [1.29, 1.82) is 0 Å². The lowest BCUT2D eigenvalue weighted by molar-refractivity contribution is 0.504. The van der Waals surface area contributed by atoms with Crippen LogP contribution in [0.4, 0.5) is 0 Å². The molecular weight excluding hydrogens is 540 g/mol. The van der Waals surface area contributed by atoms with Crippen molar-refractivity contribution < 1.29 is 0 Å². The fraction of sp³-hybridized carbons (Fsp3) is 0.556. The van der Waals surface area contributed by atoms with E-state index in [0.29, 0.717) is 0 Å². The zero-order valence-electron chi connectivity index (χ0n) is 30.6. The molecule has 262 valence electrons. The summed E-state index contributed by atoms with van der Waals surface area (Å²) in [5.74, 6) is 21.4. The van der Waals surface area contributed by atoms with Crippen molar-refractivity contribution in [2.45, 2.75) is 171 Å². The normalized spacial score (nSPS) is 8.04. The molecule has 2 aromatic carbocycles. The fourth-order valence-corrected chi connectivity index (χ4v) is 1.27. The van der Waals surface area contributed by atoms with E-state index < -0.39 is 0 Å². The highest BCUT2D eigenvalue weighted by atomic mass is 14.0. The second-order valence-electron chi connectivity index (χ2n) is 7.14. The van der Waals surface area contributed by atoms with Crippen LogP contribution in [0.5, 0.6) is 0 Å². The van der Waals surface area contributed by atoms with E-state index in [1.165, 1.54) is 51.4 Å². The van der Waals surface area contributed by atoms with Gasteiger partial charge in [-0.05, 0) is 55.4 Å². The Hall–Kier alpha value is -3.32. The molecule has 2 aromatic rings. The molecule has 0 aromatic heterocycles. The Morgan fingerprint density at radius 3 is 0.311 bits per heavy atom. The third kappa shape index (κ3) is 142. The Bertz CT molecular complexity index is 627. The maximum absolute atomic E-state index is 2.68. The summed E-state index contributed by atoms with van der Waals surface area (Å²) in [6.07, 6.45) is 12.0. The van der Waals surface area contributed by atoms with Crippen LogP contribution in [-0.4, -0.2) is 0 Å². The second-order valence-corrected chi connectivity index (χ2v) is 7.14. The first-order valence-electron chi connectivity index (χ1n) is 16.0. The minimum atomic E-state index is 0. The Labute approximate surface area is 290 Å². The van der Waals surface area contributed by atoms with Gasteiger partial charge >= 0.3 is 0 Å². The monoisotopic (exact) mass is 623 g/mol. The first-order valence-corrected chi connectivity index (χ1v) is 16.0. The summed E-state index contributed by atoms with van der Waals surface area (Å²) in [5, 5.41) is 0. The van der Waals surface area contributed by atoms with Crippen molar-refractivity contribution in [3.05, 3.63) is 72.8 Å². The Morgan fingerprint density at radius 2 is 0.289 bits per heavy atom. The van der Waals surface area contributed by atoms with E-state index in [1.54, 1.807) is 0 Å². The van der Waals surface area contributed by atoms with Crippen molar-refractivity contribution >= 4 is 0 Å². The van der Waals surface area contributed by atoms with Gasteiger partial charge < -0.3 is 0 Å². The lowest BCUT2D eigenvalue weighted by Crippen LogP contribution is -1.85. The number of hydrogen-bond acceptors (Lipinski definition) is 0. The SMILES string of the molecule is C.C.C.C1CCC1.C1CCC1.CC.CC.CC.CC#CC.CC#CC.CC#CC.CC#CC.c1ccccc1.c1ccccc1. The third-order valence-corrected chi connectivity index (χ3v) is 4.33. The molecule has 2 aliphatic rings. The number of hydrogen-bond donors (Lipinski definition) is 0. The van der Waals surface area contributed by atoms with Gasteiger partial charge in [0.2, 0.25) is 0 Å². The Morgan fingerprint density at radius 1 is 0.222 bits per heavy atom. The van der Waals surface area contributed by atoms with Gasteiger partial charge in [-0.2, -0.15) is 0 Å². The molecule has 0 heterocycles. The van der Waals surface area contributed by atoms with Crippen molar-refractivity contribution in [2.75, 3.05) is 0 Å². The van der Waals surface area contributed by atoms with Gasteiger partial charge in [-0.1, -0.05) is 188 Å². The van der Waals surface area contributed by atoms with Crippen LogP contribution in [0.3, 0.4) is 0 Å². The van der Waals surface area contributed by atoms with Crippen LogP contribution in [-0.2, 0) is 0 Å². The van der Waals surface area contributed by atoms with E-state index in [-0.39, 0.29) is 22.3 Å². The lowest BCUT2D eigenvalue weighted by Gasteiger charge is -2.05. The van der Waals surface area contributed by atoms with E-state index in [4.69, 9.17) is 0 Å². The molecular formula is C45H82. The van der Waals surface area contributed by atoms with Gasteiger partial charge in [-0.3, -0.25) is 0 Å². The Balaban J connectivity index is -0.0000000379. The molecule has 0 saturated heterocycles. The summed E-state index contributed by atoms with van der Waals surface area (Å²) in [7, 11) is 0. The topological polar surface area (TPSA) is 0 Å². The van der Waals surface area contributed by atoms with Crippen LogP contribution in [0.1, 0.15) is 171 Å². The van der Waals surface area contributed by atoms with Crippen LogP contribution in [0.25, 0.3) is 0 Å². The second kappa shape index (κ2) is 105. The molecule has 0 aliphatic heterocycles. The molecule has 0 heteroatoms. The molecule has 0 radical (unpaired) electrons. The molecule has 4 rings (SSSR count). The largest absolute Gasteiger partial charge is 0.107 e. The van der Waals surface area contributed by atoms with Crippen molar-refractivity contribution in [2.24, 2.45) is 0 Å². The van der Waals surface area contributed by atoms with E-state index >= 15 is 0 Å². The lowest BCUT2D eigenvalue weighted by atomic mass is 10.0. The standard InChI is InChI=1S/2C6H6.2C4H8.4C4H6.3C2H6.3CH4/c2*1-2-4-6-5-3-1;2*1-2-4-3-1;4*1-3-4-2;3*1-2;;;/h2*1-6H;2*1-4H2;4*1-2H3;3*1-2H3;3*1H4. The van der Waals surface area contributed by atoms with Gasteiger partial charge in [0.05, 0.1) is 0 Å². The van der Waals surface area contributed by atoms with Crippen molar-refractivity contribution in [1.82, 2.24) is 0 Å². The molecule has 0 spiro atoms. The number of benzene rings is 2. The molecule has 2 fully saturated rings. The van der Waals surface area contributed by atoms with Crippen LogP contribution in [0.15, 0.2) is 72.8 Å². The molecule has 0 bridgehead atoms. The molecule has 2 saturated carbocycles. The zero-order valence-corrected chi connectivity index (χ0v) is 30.6. The van der Waals surface area contributed by atoms with Crippen LogP contribution < -0.4 is 0 Å². The summed E-state index contributed by atoms with van der Waals surface area (Å²) in [5.41, 5.74) is 0. The minimum Gasteiger partial charge on any atom is -0.107 e. The smallest absolute Gasteiger partial charge is 0.00271 e. The molecule has 2 aliphatic carbocycles. The van der Waals surface area contributed by atoms with E-state index in [9.17, 15) is 0 Å². The molecule has 0 nitrogen and oxygen atoms in total. The quantitative estimate of drug-likeness (QED) is 0.256. The highest BCUT2D eigenvalue weighted by Gasteiger charge is 1.95. The molecule has 0 unspecified atom stereocenters. The number of rotatable bonds is 0. The van der Waals surface area contributed by atoms with Crippen LogP contribution >= 0.6 is 0 Å². The summed E-state index contributed by atoms with van der Waals surface area (Å²) >= 11 is 0. The van der Waals surface area contributed by atoms with Gasteiger partial charge in [-0.25, -0.2) is 0 Å². The average molecular weight is 623 g/mol. The van der Waals surface area contributed by atoms with Gasteiger partial charge in [0.1, 0.15) is 0 Å². The maximum atomic E-state index is 2.68. The molecule has 0 N–H and O–H groups in total. The van der Waals surface area contributed by atoms with Gasteiger partial charge in [0.15, 0.2) is 0 Å². The summed E-state index contributed by atoms with van der Waals surface area (Å²) in [6, 6.07) is 24.0. The predicted octanol–water partition coefficient (Wildman–Crippen LogP) is 15.6. The van der Waals surface area contributed by atoms with Gasteiger partial charge in [0.25, 0.3) is 0 Å². The molecule has 0 amide bonds. The summed E-state index contributed by atoms with van der Waals surface area (Å²) in [6.45, 7) is 26.6. The van der Waals surface area contributed by atoms with Crippen molar-refractivity contribution in [3.8, 4) is 47.4 Å². The van der Waals surface area contributed by atoms with Crippen molar-refractivity contribution in [3.63, 3.8) is 0 Å². The highest BCUT2D eigenvalue weighted by Crippen LogP contribution is 2.15. The first-order chi connectivity index (χ1) is 20.7. The molecule has 45 heavy (non-hydrogen) atoms. The zero-order chi connectivity index (χ0) is 33.8. The first kappa shape index (κ1) is 68.7. The average Bonchev–Trinajstić information content (AvgIpc) is 3.04. The van der Waals surface area contributed by atoms with Crippen LogP contribution in [0.2, 0.25) is 0 Å². The minimum absolute atomic E-state index is 0. The Kier molecular flexibility index (Phi) is 161. The molecule has 0 atom stereocenters. The predicted molar refractivity (Wildman–Crippen MR) is 221 cm³/mol. The maximum Gasteiger partial charge on any atom is -0.00271 e. The van der Waals surface area contributed by atoms with Gasteiger partial charge in [0, 0.05) is 0 Å². The van der Waals surface area contributed by atoms with Gasteiger partial charge in [-0.15, -0.1) is 47.4 Å².